The quantitative estimate of drug-likeness (QED) is 0.173. The number of nitrogens with zero attached hydrogens (tertiary/aromatic N) is 4. The molecular weight excluding hydrogens is 665 g/mol. The van der Waals surface area contributed by atoms with Crippen LogP contribution < -0.4 is 9.47 Å². The molecule has 0 radical (unpaired) electrons. The van der Waals surface area contributed by atoms with E-state index in [1.165, 1.54) is 5.39 Å². The molecule has 1 aliphatic heterocycles. The zero-order valence-electron chi connectivity index (χ0n) is 28.8. The van der Waals surface area contributed by atoms with E-state index in [-0.39, 0.29) is 0 Å². The van der Waals surface area contributed by atoms with Gasteiger partial charge in [0.05, 0.1) is 27.8 Å². The van der Waals surface area contributed by atoms with E-state index < -0.39 is 0 Å². The van der Waals surface area contributed by atoms with E-state index in [0.29, 0.717) is 28.9 Å². The first kappa shape index (κ1) is 29.2. The molecule has 11 aromatic rings. The highest BCUT2D eigenvalue weighted by atomic mass is 16.6. The van der Waals surface area contributed by atoms with Gasteiger partial charge in [0.2, 0.25) is 5.95 Å². The summed E-state index contributed by atoms with van der Waals surface area (Å²) in [5.41, 5.74) is 7.89. The molecule has 3 aromatic heterocycles. The molecule has 6 nitrogen and oxygen atoms in total. The van der Waals surface area contributed by atoms with Crippen LogP contribution >= 0.6 is 0 Å². The summed E-state index contributed by atoms with van der Waals surface area (Å²) < 4.78 is 17.9. The maximum absolute atomic E-state index is 6.82. The maximum atomic E-state index is 6.82. The number of rotatable bonds is 3. The topological polar surface area (TPSA) is 54.1 Å². The molecule has 8 aromatic carbocycles. The van der Waals surface area contributed by atoms with Gasteiger partial charge in [-0.05, 0) is 65.4 Å². The van der Waals surface area contributed by atoms with Crippen LogP contribution in [-0.4, -0.2) is 19.1 Å². The summed E-state index contributed by atoms with van der Waals surface area (Å²) in [6.45, 7) is 0. The molecule has 1 aliphatic rings. The molecule has 12 rings (SSSR count). The van der Waals surface area contributed by atoms with E-state index in [2.05, 4.69) is 143 Å². The minimum Gasteiger partial charge on any atom is -0.449 e. The molecule has 0 saturated heterocycles. The van der Waals surface area contributed by atoms with Crippen LogP contribution in [0.2, 0.25) is 0 Å². The predicted octanol–water partition coefficient (Wildman–Crippen LogP) is 12.5. The first-order chi connectivity index (χ1) is 26.8. The molecule has 0 N–H and O–H groups in total. The number of hydrogen-bond donors (Lipinski definition) is 0. The lowest BCUT2D eigenvalue weighted by molar-refractivity contribution is 0.362. The summed E-state index contributed by atoms with van der Waals surface area (Å²) in [4.78, 5) is 10.9. The molecular formula is C48H28N4O2. The number of para-hydroxylation sites is 4. The van der Waals surface area contributed by atoms with Crippen LogP contribution in [0, 0.1) is 0 Å². The van der Waals surface area contributed by atoms with Crippen molar-refractivity contribution in [1.29, 1.82) is 0 Å². The fourth-order valence-electron chi connectivity index (χ4n) is 8.47. The summed E-state index contributed by atoms with van der Waals surface area (Å²) in [5, 5.41) is 7.72. The summed E-state index contributed by atoms with van der Waals surface area (Å²) in [7, 11) is 0. The van der Waals surface area contributed by atoms with Gasteiger partial charge < -0.3 is 14.0 Å². The molecule has 0 fully saturated rings. The lowest BCUT2D eigenvalue weighted by Crippen LogP contribution is -2.06. The molecule has 0 bridgehead atoms. The van der Waals surface area contributed by atoms with Crippen LogP contribution in [0.1, 0.15) is 0 Å². The van der Waals surface area contributed by atoms with Crippen molar-refractivity contribution in [3.05, 3.63) is 170 Å². The molecule has 0 spiro atoms. The normalized spacial score (nSPS) is 12.4. The molecule has 252 valence electrons. The number of ether oxygens (including phenoxy) is 2. The van der Waals surface area contributed by atoms with Crippen LogP contribution in [0.3, 0.4) is 0 Å². The third-order valence-corrected chi connectivity index (χ3v) is 10.8. The van der Waals surface area contributed by atoms with E-state index in [1.54, 1.807) is 0 Å². The predicted molar refractivity (Wildman–Crippen MR) is 218 cm³/mol. The van der Waals surface area contributed by atoms with Gasteiger partial charge in [0.1, 0.15) is 5.52 Å². The number of fused-ring (bicyclic) bond motifs is 13. The van der Waals surface area contributed by atoms with Gasteiger partial charge in [-0.25, -0.2) is 9.97 Å². The first-order valence-corrected chi connectivity index (χ1v) is 18.1. The second-order valence-electron chi connectivity index (χ2n) is 13.7. The third-order valence-electron chi connectivity index (χ3n) is 10.8. The Kier molecular flexibility index (Phi) is 5.96. The molecule has 0 aliphatic carbocycles. The highest BCUT2D eigenvalue weighted by Gasteiger charge is 2.29. The van der Waals surface area contributed by atoms with E-state index in [1.807, 2.05) is 36.4 Å². The summed E-state index contributed by atoms with van der Waals surface area (Å²) in [6, 6.07) is 58.8. The first-order valence-electron chi connectivity index (χ1n) is 18.1. The summed E-state index contributed by atoms with van der Waals surface area (Å²) in [6.07, 6.45) is 0. The lowest BCUT2D eigenvalue weighted by Gasteiger charge is -2.22. The van der Waals surface area contributed by atoms with Gasteiger partial charge >= 0.3 is 0 Å². The fourth-order valence-corrected chi connectivity index (χ4v) is 8.47. The van der Waals surface area contributed by atoms with Crippen molar-refractivity contribution in [2.24, 2.45) is 0 Å². The van der Waals surface area contributed by atoms with Gasteiger partial charge in [-0.3, -0.25) is 4.57 Å². The van der Waals surface area contributed by atoms with Crippen LogP contribution in [-0.2, 0) is 0 Å². The highest BCUT2D eigenvalue weighted by molar-refractivity contribution is 6.27. The molecule has 0 unspecified atom stereocenters. The fraction of sp³-hybridized carbons (Fsp3) is 0. The van der Waals surface area contributed by atoms with Crippen molar-refractivity contribution in [1.82, 2.24) is 19.1 Å². The molecule has 0 amide bonds. The van der Waals surface area contributed by atoms with Gasteiger partial charge in [-0.1, -0.05) is 115 Å². The van der Waals surface area contributed by atoms with Crippen LogP contribution in [0.25, 0.3) is 88.2 Å². The second kappa shape index (κ2) is 11.0. The smallest absolute Gasteiger partial charge is 0.235 e. The van der Waals surface area contributed by atoms with E-state index in [4.69, 9.17) is 19.4 Å². The van der Waals surface area contributed by atoms with Gasteiger partial charge in [-0.15, -0.1) is 0 Å². The molecule has 4 heterocycles. The zero-order chi connectivity index (χ0) is 35.3. The average molecular weight is 693 g/mol. The van der Waals surface area contributed by atoms with Crippen molar-refractivity contribution in [2.75, 3.05) is 0 Å². The Bertz CT molecular complexity index is 3330. The van der Waals surface area contributed by atoms with Gasteiger partial charge in [0, 0.05) is 38.2 Å². The Morgan fingerprint density at radius 2 is 1.11 bits per heavy atom. The summed E-state index contributed by atoms with van der Waals surface area (Å²) in [5.74, 6) is 3.16. The summed E-state index contributed by atoms with van der Waals surface area (Å²) >= 11 is 0. The Hall–Kier alpha value is -7.44. The van der Waals surface area contributed by atoms with Crippen LogP contribution in [0.5, 0.6) is 23.0 Å². The Labute approximate surface area is 308 Å². The largest absolute Gasteiger partial charge is 0.449 e. The highest BCUT2D eigenvalue weighted by Crippen LogP contribution is 2.52. The maximum Gasteiger partial charge on any atom is 0.235 e. The number of aromatic nitrogens is 4. The van der Waals surface area contributed by atoms with Crippen molar-refractivity contribution in [2.45, 2.75) is 0 Å². The van der Waals surface area contributed by atoms with Crippen molar-refractivity contribution in [3.8, 4) is 45.9 Å². The lowest BCUT2D eigenvalue weighted by atomic mass is 10.0. The minimum atomic E-state index is 0.550. The van der Waals surface area contributed by atoms with Crippen LogP contribution in [0.4, 0.5) is 0 Å². The van der Waals surface area contributed by atoms with Crippen LogP contribution in [0.15, 0.2) is 170 Å². The van der Waals surface area contributed by atoms with Gasteiger partial charge in [-0.2, -0.15) is 0 Å². The standard InChI is InChI=1S/C48H28N4O2/c1-3-14-30(15-4-1)44-42-32-18-8-7-13-29(32)23-26-36(42)49-48(50-44)52-38-27-24-34-33-19-9-10-20-37(33)51(31-16-5-2-6-17-31)45(34)43(38)35-25-28-41-47(46(35)52)54-40-22-12-11-21-39(40)53-41/h1-28H. The number of benzene rings is 8. The minimum absolute atomic E-state index is 0.550. The van der Waals surface area contributed by atoms with Gasteiger partial charge in [0.25, 0.3) is 0 Å². The van der Waals surface area contributed by atoms with E-state index in [0.717, 1.165) is 76.8 Å². The molecule has 0 saturated carbocycles. The Balaban J connectivity index is 1.28. The van der Waals surface area contributed by atoms with Crippen molar-refractivity contribution in [3.63, 3.8) is 0 Å². The third kappa shape index (κ3) is 4.05. The second-order valence-corrected chi connectivity index (χ2v) is 13.7. The van der Waals surface area contributed by atoms with Crippen molar-refractivity contribution >= 4 is 65.3 Å². The molecule has 6 heteroatoms. The monoisotopic (exact) mass is 692 g/mol. The average Bonchev–Trinajstić information content (AvgIpc) is 3.76. The van der Waals surface area contributed by atoms with E-state index >= 15 is 0 Å². The SMILES string of the molecule is c1ccc(-c2nc(-n3c4ccc5c6ccccc6n(-c6ccccc6)c5c4c4ccc5c(c43)Oc3ccccc3O5)nc3ccc4ccccc4c23)cc1. The Morgan fingerprint density at radius 1 is 0.407 bits per heavy atom. The van der Waals surface area contributed by atoms with Crippen molar-refractivity contribution < 1.29 is 9.47 Å². The number of hydrogen-bond acceptors (Lipinski definition) is 4. The van der Waals surface area contributed by atoms with Gasteiger partial charge in [0.15, 0.2) is 23.0 Å². The Morgan fingerprint density at radius 3 is 1.96 bits per heavy atom. The zero-order valence-corrected chi connectivity index (χ0v) is 28.8. The van der Waals surface area contributed by atoms with E-state index in [9.17, 15) is 0 Å². The molecule has 54 heavy (non-hydrogen) atoms. The molecule has 0 atom stereocenters.